The van der Waals surface area contributed by atoms with Gasteiger partial charge in [0.1, 0.15) is 30.2 Å². The Morgan fingerprint density at radius 3 is 2.92 bits per heavy atom. The third-order valence-electron chi connectivity index (χ3n) is 4.21. The van der Waals surface area contributed by atoms with Crippen molar-refractivity contribution in [2.75, 3.05) is 18.9 Å². The first-order chi connectivity index (χ1) is 11.7. The molecule has 4 N–H and O–H groups in total. The second-order valence-electron chi connectivity index (χ2n) is 5.86. The number of nitrogens with two attached hydrogens (primary N) is 1. The summed E-state index contributed by atoms with van der Waals surface area (Å²) in [5.41, 5.74) is 6.77. The zero-order valence-corrected chi connectivity index (χ0v) is 13.6. The summed E-state index contributed by atoms with van der Waals surface area (Å²) in [6.07, 6.45) is 3.01. The third kappa shape index (κ3) is 3.07. The fourth-order valence-corrected chi connectivity index (χ4v) is 2.90. The van der Waals surface area contributed by atoms with Gasteiger partial charge in [0.2, 0.25) is 0 Å². The van der Waals surface area contributed by atoms with Gasteiger partial charge in [0.05, 0.1) is 12.9 Å². The molecular formula is C15H23N5O4. The second kappa shape index (κ2) is 7.39. The van der Waals surface area contributed by atoms with Gasteiger partial charge in [-0.1, -0.05) is 19.8 Å². The van der Waals surface area contributed by atoms with Gasteiger partial charge in [0.25, 0.3) is 0 Å². The van der Waals surface area contributed by atoms with E-state index in [0.29, 0.717) is 17.8 Å². The normalized spacial score (nSPS) is 27.1. The lowest BCUT2D eigenvalue weighted by atomic mass is 10.1. The molecule has 3 heterocycles. The smallest absolute Gasteiger partial charge is 0.167 e. The number of ether oxygens (including phenoxy) is 2. The van der Waals surface area contributed by atoms with Gasteiger partial charge >= 0.3 is 0 Å². The number of rotatable bonds is 7. The number of anilines is 1. The number of aromatic nitrogens is 4. The zero-order valence-electron chi connectivity index (χ0n) is 13.6. The topological polar surface area (TPSA) is 129 Å². The maximum absolute atomic E-state index is 10.4. The molecule has 2 aromatic rings. The number of hydrogen-bond acceptors (Lipinski definition) is 8. The minimum absolute atomic E-state index is 0.274. The first-order valence-corrected chi connectivity index (χ1v) is 8.16. The van der Waals surface area contributed by atoms with Crippen molar-refractivity contribution >= 4 is 17.0 Å². The SMILES string of the molecule is CCCCCO[C@@H]1[C@H](O)[C@@H](CO)O[C@H]1n1cnc2c(N)ncnc21. The summed E-state index contributed by atoms with van der Waals surface area (Å²) in [5.74, 6) is 0.274. The van der Waals surface area contributed by atoms with Crippen LogP contribution in [0.5, 0.6) is 0 Å². The standard InChI is InChI=1S/C15H23N5O4/c1-2-3-4-5-23-12-11(22)9(6-21)24-15(12)20-8-19-10-13(16)17-7-18-14(10)20/h7-9,11-12,15,21-22H,2-6H2,1H3,(H2,16,17,18)/t9-,11-,12-,15-/m1/s1. The fraction of sp³-hybridized carbons (Fsp3) is 0.667. The summed E-state index contributed by atoms with van der Waals surface area (Å²) in [4.78, 5) is 12.3. The molecule has 0 aromatic carbocycles. The molecule has 3 rings (SSSR count). The van der Waals surface area contributed by atoms with E-state index in [4.69, 9.17) is 15.2 Å². The van der Waals surface area contributed by atoms with Crippen LogP contribution in [0.15, 0.2) is 12.7 Å². The summed E-state index contributed by atoms with van der Waals surface area (Å²) >= 11 is 0. The van der Waals surface area contributed by atoms with Crippen LogP contribution in [-0.4, -0.2) is 61.3 Å². The molecule has 9 nitrogen and oxygen atoms in total. The molecule has 0 radical (unpaired) electrons. The largest absolute Gasteiger partial charge is 0.394 e. The summed E-state index contributed by atoms with van der Waals surface area (Å²) in [7, 11) is 0. The summed E-state index contributed by atoms with van der Waals surface area (Å²) in [5, 5.41) is 19.8. The maximum Gasteiger partial charge on any atom is 0.167 e. The monoisotopic (exact) mass is 337 g/mol. The molecule has 1 fully saturated rings. The third-order valence-corrected chi connectivity index (χ3v) is 4.21. The van der Waals surface area contributed by atoms with Crippen LogP contribution >= 0.6 is 0 Å². The summed E-state index contributed by atoms with van der Waals surface area (Å²) in [6.45, 7) is 2.33. The molecule has 4 atom stereocenters. The number of nitrogens with zero attached hydrogens (tertiary/aromatic N) is 4. The molecule has 0 aliphatic carbocycles. The average molecular weight is 337 g/mol. The molecule has 1 saturated heterocycles. The number of unbranched alkanes of at least 4 members (excludes halogenated alkanes) is 2. The van der Waals surface area contributed by atoms with Crippen molar-refractivity contribution in [3.8, 4) is 0 Å². The minimum atomic E-state index is -0.932. The molecular weight excluding hydrogens is 314 g/mol. The number of fused-ring (bicyclic) bond motifs is 1. The van der Waals surface area contributed by atoms with E-state index >= 15 is 0 Å². The van der Waals surface area contributed by atoms with Crippen LogP contribution in [0.1, 0.15) is 32.4 Å². The summed E-state index contributed by atoms with van der Waals surface area (Å²) in [6, 6.07) is 0. The highest BCUT2D eigenvalue weighted by atomic mass is 16.6. The fourth-order valence-electron chi connectivity index (χ4n) is 2.90. The van der Waals surface area contributed by atoms with E-state index in [9.17, 15) is 10.2 Å². The van der Waals surface area contributed by atoms with Gasteiger partial charge in [-0.3, -0.25) is 4.57 Å². The van der Waals surface area contributed by atoms with Gasteiger partial charge in [-0.05, 0) is 6.42 Å². The van der Waals surface area contributed by atoms with Gasteiger partial charge in [0, 0.05) is 6.61 Å². The lowest BCUT2D eigenvalue weighted by Crippen LogP contribution is -2.35. The highest BCUT2D eigenvalue weighted by Gasteiger charge is 2.45. The van der Waals surface area contributed by atoms with Crippen molar-refractivity contribution in [2.45, 2.75) is 50.7 Å². The lowest BCUT2D eigenvalue weighted by molar-refractivity contribution is -0.0710. The summed E-state index contributed by atoms with van der Waals surface area (Å²) < 4.78 is 13.3. The molecule has 132 valence electrons. The zero-order chi connectivity index (χ0) is 17.1. The molecule has 0 bridgehead atoms. The van der Waals surface area contributed by atoms with Crippen molar-refractivity contribution in [2.24, 2.45) is 0 Å². The molecule has 0 spiro atoms. The Hall–Kier alpha value is -1.81. The van der Waals surface area contributed by atoms with Gasteiger partial charge in [-0.25, -0.2) is 15.0 Å². The van der Waals surface area contributed by atoms with Crippen LogP contribution in [0.3, 0.4) is 0 Å². The van der Waals surface area contributed by atoms with Crippen LogP contribution in [0.25, 0.3) is 11.2 Å². The molecule has 1 aliphatic rings. The van der Waals surface area contributed by atoms with E-state index in [1.165, 1.54) is 12.7 Å². The Labute approximate surface area is 139 Å². The Morgan fingerprint density at radius 1 is 1.33 bits per heavy atom. The predicted molar refractivity (Wildman–Crippen MR) is 86.0 cm³/mol. The lowest BCUT2D eigenvalue weighted by Gasteiger charge is -2.22. The minimum Gasteiger partial charge on any atom is -0.394 e. The number of hydrogen-bond donors (Lipinski definition) is 3. The Balaban J connectivity index is 1.86. The molecule has 0 unspecified atom stereocenters. The predicted octanol–water partition coefficient (Wildman–Crippen LogP) is 0.234. The number of aliphatic hydroxyl groups is 2. The average Bonchev–Trinajstić information content (AvgIpc) is 3.14. The number of nitrogen functional groups attached to an aromatic ring is 1. The van der Waals surface area contributed by atoms with Gasteiger partial charge in [-0.15, -0.1) is 0 Å². The van der Waals surface area contributed by atoms with E-state index in [-0.39, 0.29) is 12.4 Å². The highest BCUT2D eigenvalue weighted by Crippen LogP contribution is 2.34. The van der Waals surface area contributed by atoms with Crippen LogP contribution < -0.4 is 5.73 Å². The van der Waals surface area contributed by atoms with E-state index in [0.717, 1.165) is 19.3 Å². The van der Waals surface area contributed by atoms with Gasteiger partial charge in [-0.2, -0.15) is 0 Å². The molecule has 24 heavy (non-hydrogen) atoms. The quantitative estimate of drug-likeness (QED) is 0.613. The molecule has 0 saturated carbocycles. The Bertz CT molecular complexity index is 679. The van der Waals surface area contributed by atoms with Crippen LogP contribution in [-0.2, 0) is 9.47 Å². The van der Waals surface area contributed by atoms with E-state index < -0.39 is 24.5 Å². The van der Waals surface area contributed by atoms with E-state index in [1.54, 1.807) is 4.57 Å². The molecule has 0 amide bonds. The van der Waals surface area contributed by atoms with Gasteiger partial charge in [0.15, 0.2) is 17.7 Å². The van der Waals surface area contributed by atoms with Crippen molar-refractivity contribution in [1.29, 1.82) is 0 Å². The highest BCUT2D eigenvalue weighted by molar-refractivity contribution is 5.81. The van der Waals surface area contributed by atoms with Crippen molar-refractivity contribution in [3.05, 3.63) is 12.7 Å². The van der Waals surface area contributed by atoms with E-state index in [2.05, 4.69) is 21.9 Å². The van der Waals surface area contributed by atoms with Crippen LogP contribution in [0.2, 0.25) is 0 Å². The van der Waals surface area contributed by atoms with Crippen LogP contribution in [0.4, 0.5) is 5.82 Å². The number of imidazole rings is 1. The van der Waals surface area contributed by atoms with Crippen LogP contribution in [0, 0.1) is 0 Å². The Morgan fingerprint density at radius 2 is 2.17 bits per heavy atom. The molecule has 9 heteroatoms. The van der Waals surface area contributed by atoms with E-state index in [1.807, 2.05) is 0 Å². The first kappa shape index (κ1) is 17.0. The second-order valence-corrected chi connectivity index (χ2v) is 5.86. The maximum atomic E-state index is 10.4. The van der Waals surface area contributed by atoms with Gasteiger partial charge < -0.3 is 25.4 Å². The molecule has 2 aromatic heterocycles. The first-order valence-electron chi connectivity index (χ1n) is 8.16. The molecule has 1 aliphatic heterocycles. The van der Waals surface area contributed by atoms with Crippen molar-refractivity contribution in [3.63, 3.8) is 0 Å². The number of aliphatic hydroxyl groups excluding tert-OH is 2. The van der Waals surface area contributed by atoms with Crippen molar-refractivity contribution < 1.29 is 19.7 Å². The Kier molecular flexibility index (Phi) is 5.24. The van der Waals surface area contributed by atoms with Crippen molar-refractivity contribution in [1.82, 2.24) is 19.5 Å².